The predicted octanol–water partition coefficient (Wildman–Crippen LogP) is 3.06. The molecule has 1 rings (SSSR count). The summed E-state index contributed by atoms with van der Waals surface area (Å²) in [5.41, 5.74) is 1.61. The molecule has 0 spiro atoms. The van der Waals surface area contributed by atoms with Gasteiger partial charge in [-0.25, -0.2) is 0 Å². The second kappa shape index (κ2) is 4.63. The summed E-state index contributed by atoms with van der Waals surface area (Å²) in [5.74, 6) is 0. The van der Waals surface area contributed by atoms with E-state index >= 15 is 0 Å². The molecular formula is C13H21BrO2. The number of methoxy groups -OCH3 is 1. The third-order valence-corrected chi connectivity index (χ3v) is 3.78. The minimum absolute atomic E-state index is 0.0628. The van der Waals surface area contributed by atoms with Gasteiger partial charge in [0.15, 0.2) is 0 Å². The third kappa shape index (κ3) is 2.58. The van der Waals surface area contributed by atoms with Crippen LogP contribution in [0, 0.1) is 5.41 Å². The van der Waals surface area contributed by atoms with E-state index in [0.717, 1.165) is 5.57 Å². The Morgan fingerprint density at radius 2 is 2.06 bits per heavy atom. The van der Waals surface area contributed by atoms with E-state index in [-0.39, 0.29) is 5.41 Å². The van der Waals surface area contributed by atoms with Gasteiger partial charge in [0.25, 0.3) is 0 Å². The van der Waals surface area contributed by atoms with E-state index in [1.54, 1.807) is 7.11 Å². The number of aliphatic hydroxyl groups excluding tert-OH is 1. The van der Waals surface area contributed by atoms with E-state index in [4.69, 9.17) is 4.74 Å². The Labute approximate surface area is 107 Å². The Kier molecular flexibility index (Phi) is 4.04. The smallest absolute Gasteiger partial charge is 0.113 e. The molecule has 0 saturated carbocycles. The summed E-state index contributed by atoms with van der Waals surface area (Å²) >= 11 is 3.42. The number of allylic oxidation sites excluding steroid dienone is 2. The monoisotopic (exact) mass is 288 g/mol. The molecule has 2 unspecified atom stereocenters. The van der Waals surface area contributed by atoms with Crippen molar-refractivity contribution in [2.24, 2.45) is 5.41 Å². The summed E-state index contributed by atoms with van der Waals surface area (Å²) in [5, 5.41) is 10.9. The molecule has 0 fully saturated rings. The highest BCUT2D eigenvalue weighted by Gasteiger charge is 2.38. The van der Waals surface area contributed by atoms with E-state index in [0.29, 0.717) is 5.33 Å². The highest BCUT2D eigenvalue weighted by atomic mass is 79.9. The molecule has 1 aliphatic rings. The van der Waals surface area contributed by atoms with Crippen molar-refractivity contribution in [2.45, 2.75) is 39.4 Å². The highest BCUT2D eigenvalue weighted by Crippen LogP contribution is 2.37. The van der Waals surface area contributed by atoms with Crippen LogP contribution in [0.15, 0.2) is 23.3 Å². The lowest BCUT2D eigenvalue weighted by Crippen LogP contribution is -2.44. The van der Waals surface area contributed by atoms with Gasteiger partial charge in [-0.05, 0) is 29.6 Å². The minimum atomic E-state index is -0.625. The zero-order valence-electron chi connectivity index (χ0n) is 10.7. The number of rotatable bonds is 2. The first-order valence-electron chi connectivity index (χ1n) is 5.47. The fourth-order valence-electron chi connectivity index (χ4n) is 1.79. The highest BCUT2D eigenvalue weighted by molar-refractivity contribution is 9.09. The summed E-state index contributed by atoms with van der Waals surface area (Å²) in [6, 6.07) is 0. The standard InChI is InChI=1S/C13H21BrO2/c1-12(2,3)10-6-9(8-14)11(15)13(4,7-10)16-5/h6-7,11,15H,8H2,1-5H3. The molecule has 16 heavy (non-hydrogen) atoms. The second-order valence-electron chi connectivity index (χ2n) is 5.49. The van der Waals surface area contributed by atoms with Crippen LogP contribution in [0.3, 0.4) is 0 Å². The van der Waals surface area contributed by atoms with Crippen molar-refractivity contribution in [3.63, 3.8) is 0 Å². The van der Waals surface area contributed by atoms with Crippen LogP contribution in [-0.4, -0.2) is 29.3 Å². The predicted molar refractivity (Wildman–Crippen MR) is 70.8 cm³/mol. The maximum atomic E-state index is 10.2. The Morgan fingerprint density at radius 1 is 1.50 bits per heavy atom. The molecule has 0 saturated heterocycles. The van der Waals surface area contributed by atoms with Crippen LogP contribution < -0.4 is 0 Å². The number of halogens is 1. The van der Waals surface area contributed by atoms with Crippen LogP contribution in [-0.2, 0) is 4.74 Å². The molecular weight excluding hydrogens is 268 g/mol. The first-order chi connectivity index (χ1) is 7.24. The Balaban J connectivity index is 3.21. The molecule has 0 radical (unpaired) electrons. The van der Waals surface area contributed by atoms with E-state index < -0.39 is 11.7 Å². The summed E-state index contributed by atoms with van der Waals surface area (Å²) in [6.45, 7) is 8.40. The van der Waals surface area contributed by atoms with Crippen molar-refractivity contribution >= 4 is 15.9 Å². The topological polar surface area (TPSA) is 29.5 Å². The number of hydrogen-bond donors (Lipinski definition) is 1. The molecule has 1 N–H and O–H groups in total. The number of ether oxygens (including phenoxy) is 1. The molecule has 92 valence electrons. The van der Waals surface area contributed by atoms with Gasteiger partial charge in [-0.15, -0.1) is 0 Å². The van der Waals surface area contributed by atoms with Crippen LogP contribution in [0.4, 0.5) is 0 Å². The Hall–Kier alpha value is -0.120. The summed E-state index contributed by atoms with van der Waals surface area (Å²) in [4.78, 5) is 0. The first kappa shape index (κ1) is 13.9. The van der Waals surface area contributed by atoms with Gasteiger partial charge in [0.05, 0.1) is 0 Å². The van der Waals surface area contributed by atoms with Gasteiger partial charge in [-0.3, -0.25) is 0 Å². The number of alkyl halides is 1. The van der Waals surface area contributed by atoms with Gasteiger partial charge in [-0.1, -0.05) is 42.8 Å². The molecule has 0 amide bonds. The van der Waals surface area contributed by atoms with Gasteiger partial charge in [-0.2, -0.15) is 0 Å². The maximum absolute atomic E-state index is 10.2. The molecule has 1 aliphatic carbocycles. The lowest BCUT2D eigenvalue weighted by Gasteiger charge is -2.38. The molecule has 0 heterocycles. The van der Waals surface area contributed by atoms with E-state index in [1.807, 2.05) is 13.0 Å². The summed E-state index contributed by atoms with van der Waals surface area (Å²) < 4.78 is 5.46. The lowest BCUT2D eigenvalue weighted by atomic mass is 9.76. The normalized spacial score (nSPS) is 31.1. The average Bonchev–Trinajstić information content (AvgIpc) is 2.20. The van der Waals surface area contributed by atoms with Crippen LogP contribution in [0.5, 0.6) is 0 Å². The number of hydrogen-bond acceptors (Lipinski definition) is 2. The van der Waals surface area contributed by atoms with Crippen LogP contribution in [0.2, 0.25) is 0 Å². The van der Waals surface area contributed by atoms with Gasteiger partial charge in [0, 0.05) is 12.4 Å². The minimum Gasteiger partial charge on any atom is -0.385 e. The average molecular weight is 289 g/mol. The van der Waals surface area contributed by atoms with Crippen molar-refractivity contribution in [3.05, 3.63) is 23.3 Å². The molecule has 2 atom stereocenters. The molecule has 0 bridgehead atoms. The van der Waals surface area contributed by atoms with Gasteiger partial charge in [0.2, 0.25) is 0 Å². The van der Waals surface area contributed by atoms with Crippen LogP contribution in [0.25, 0.3) is 0 Å². The van der Waals surface area contributed by atoms with E-state index in [2.05, 4.69) is 42.8 Å². The zero-order chi connectivity index (χ0) is 12.6. The molecule has 3 heteroatoms. The largest absolute Gasteiger partial charge is 0.385 e. The molecule has 0 aliphatic heterocycles. The lowest BCUT2D eigenvalue weighted by molar-refractivity contribution is -0.0419. The van der Waals surface area contributed by atoms with Crippen molar-refractivity contribution in [1.29, 1.82) is 0 Å². The fourth-order valence-corrected chi connectivity index (χ4v) is 2.26. The van der Waals surface area contributed by atoms with E-state index in [9.17, 15) is 5.11 Å². The Bertz CT molecular complexity index is 325. The fraction of sp³-hybridized carbons (Fsp3) is 0.692. The van der Waals surface area contributed by atoms with Crippen molar-refractivity contribution in [2.75, 3.05) is 12.4 Å². The SMILES string of the molecule is COC1(C)C=C(C(C)(C)C)C=C(CBr)C1O. The van der Waals surface area contributed by atoms with Gasteiger partial charge in [0.1, 0.15) is 11.7 Å². The van der Waals surface area contributed by atoms with Crippen molar-refractivity contribution in [3.8, 4) is 0 Å². The third-order valence-electron chi connectivity index (χ3n) is 3.14. The number of aliphatic hydroxyl groups is 1. The summed E-state index contributed by atoms with van der Waals surface area (Å²) in [6.07, 6.45) is 3.52. The zero-order valence-corrected chi connectivity index (χ0v) is 12.3. The Morgan fingerprint density at radius 3 is 2.44 bits per heavy atom. The van der Waals surface area contributed by atoms with Crippen LogP contribution in [0.1, 0.15) is 27.7 Å². The van der Waals surface area contributed by atoms with Crippen molar-refractivity contribution in [1.82, 2.24) is 0 Å². The van der Waals surface area contributed by atoms with Crippen molar-refractivity contribution < 1.29 is 9.84 Å². The molecule has 0 aromatic heterocycles. The quantitative estimate of drug-likeness (QED) is 0.792. The molecule has 0 aromatic rings. The first-order valence-corrected chi connectivity index (χ1v) is 6.59. The molecule has 2 nitrogen and oxygen atoms in total. The molecule has 0 aromatic carbocycles. The van der Waals surface area contributed by atoms with Gasteiger partial charge >= 0.3 is 0 Å². The van der Waals surface area contributed by atoms with Gasteiger partial charge < -0.3 is 9.84 Å². The second-order valence-corrected chi connectivity index (χ2v) is 6.05. The van der Waals surface area contributed by atoms with E-state index in [1.165, 1.54) is 5.57 Å². The maximum Gasteiger partial charge on any atom is 0.113 e. The summed E-state index contributed by atoms with van der Waals surface area (Å²) in [7, 11) is 1.64. The van der Waals surface area contributed by atoms with Crippen LogP contribution >= 0.6 is 15.9 Å².